The van der Waals surface area contributed by atoms with E-state index in [9.17, 15) is 31.2 Å². The number of halogens is 4. The molecule has 0 aromatic heterocycles. The van der Waals surface area contributed by atoms with Crippen LogP contribution in [0.15, 0.2) is 41.8 Å². The Morgan fingerprint density at radius 3 is 2.39 bits per heavy atom. The van der Waals surface area contributed by atoms with Crippen molar-refractivity contribution in [2.24, 2.45) is 0 Å². The molecule has 1 saturated heterocycles. The van der Waals surface area contributed by atoms with Crippen molar-refractivity contribution < 1.29 is 35.9 Å². The summed E-state index contributed by atoms with van der Waals surface area (Å²) in [6.45, 7) is 11.2. The van der Waals surface area contributed by atoms with Crippen molar-refractivity contribution >= 4 is 45.2 Å². The number of piperidine rings is 1. The first-order chi connectivity index (χ1) is 20.3. The maximum Gasteiger partial charge on any atom is 0.416 e. The van der Waals surface area contributed by atoms with E-state index in [0.717, 1.165) is 11.0 Å². The van der Waals surface area contributed by atoms with Crippen LogP contribution in [0, 0.1) is 0 Å². The molecule has 1 heterocycles. The van der Waals surface area contributed by atoms with Gasteiger partial charge in [0.15, 0.2) is 9.84 Å². The summed E-state index contributed by atoms with van der Waals surface area (Å²) in [6, 6.07) is 5.77. The van der Waals surface area contributed by atoms with Crippen molar-refractivity contribution in [1.29, 1.82) is 0 Å². The first-order valence-electron chi connectivity index (χ1n) is 14.1. The fraction of sp³-hybridized carbons (Fsp3) is 0.484. The normalized spacial score (nSPS) is 16.4. The Bertz CT molecular complexity index is 1520. The molecule has 0 aliphatic carbocycles. The molecule has 0 spiro atoms. The summed E-state index contributed by atoms with van der Waals surface area (Å²) in [5.41, 5.74) is -1.96. The maximum absolute atomic E-state index is 14.5. The third kappa shape index (κ3) is 8.33. The maximum atomic E-state index is 14.5. The number of benzene rings is 2. The van der Waals surface area contributed by atoms with Crippen LogP contribution in [0.3, 0.4) is 0 Å². The summed E-state index contributed by atoms with van der Waals surface area (Å²) in [5, 5.41) is 0.157. The molecule has 1 fully saturated rings. The lowest BCUT2D eigenvalue weighted by Crippen LogP contribution is -2.49. The molecule has 2 amide bonds. The third-order valence-electron chi connectivity index (χ3n) is 7.45. The number of hydrogen-bond donors (Lipinski definition) is 0. The quantitative estimate of drug-likeness (QED) is 0.307. The van der Waals surface area contributed by atoms with Gasteiger partial charge in [-0.3, -0.25) is 9.69 Å². The Morgan fingerprint density at radius 2 is 1.82 bits per heavy atom. The molecule has 2 aromatic rings. The van der Waals surface area contributed by atoms with Gasteiger partial charge in [0.1, 0.15) is 5.60 Å². The molecular weight excluding hydrogens is 619 g/mol. The lowest BCUT2D eigenvalue weighted by molar-refractivity contribution is -0.138. The Balaban J connectivity index is 1.98. The lowest BCUT2D eigenvalue weighted by atomic mass is 9.94. The number of ether oxygens (including phenoxy) is 1. The average molecular weight is 658 g/mol. The number of nitrogens with zero attached hydrogens (tertiary/aromatic N) is 3. The fourth-order valence-electron chi connectivity index (χ4n) is 5.10. The summed E-state index contributed by atoms with van der Waals surface area (Å²) in [5.74, 6) is -1.10. The minimum absolute atomic E-state index is 0.0457. The van der Waals surface area contributed by atoms with Gasteiger partial charge in [-0.1, -0.05) is 31.2 Å². The predicted molar refractivity (Wildman–Crippen MR) is 166 cm³/mol. The number of alkyl halides is 3. The van der Waals surface area contributed by atoms with Crippen LogP contribution in [0.4, 0.5) is 23.7 Å². The predicted octanol–water partition coefficient (Wildman–Crippen LogP) is 6.90. The Morgan fingerprint density at radius 1 is 1.16 bits per heavy atom. The fourth-order valence-corrected chi connectivity index (χ4v) is 6.37. The number of amides is 2. The second-order valence-corrected chi connectivity index (χ2v) is 14.5. The van der Waals surface area contributed by atoms with E-state index < -0.39 is 39.2 Å². The zero-order valence-electron chi connectivity index (χ0n) is 25.8. The van der Waals surface area contributed by atoms with Gasteiger partial charge in [0, 0.05) is 43.8 Å². The van der Waals surface area contributed by atoms with Gasteiger partial charge in [0.25, 0.3) is 5.91 Å². The Kier molecular flexibility index (Phi) is 10.9. The van der Waals surface area contributed by atoms with Gasteiger partial charge >= 0.3 is 12.3 Å². The second kappa shape index (κ2) is 13.5. The van der Waals surface area contributed by atoms with Gasteiger partial charge in [-0.25, -0.2) is 13.2 Å². The number of likely N-dealkylation sites (N-methyl/N-ethyl adjacent to an activating group) is 1. The highest BCUT2D eigenvalue weighted by molar-refractivity contribution is 7.91. The Labute approximate surface area is 262 Å². The van der Waals surface area contributed by atoms with E-state index in [1.165, 1.54) is 49.2 Å². The molecule has 0 saturated carbocycles. The summed E-state index contributed by atoms with van der Waals surface area (Å²) < 4.78 is 74.5. The first-order valence-corrected chi connectivity index (χ1v) is 16.2. The van der Waals surface area contributed by atoms with Crippen molar-refractivity contribution in [2.45, 2.75) is 69.8 Å². The molecular formula is C31H39ClF3N3O5S. The lowest BCUT2D eigenvalue weighted by Gasteiger charge is -2.38. The molecule has 0 N–H and O–H groups in total. The number of rotatable bonds is 8. The van der Waals surface area contributed by atoms with Crippen molar-refractivity contribution in [1.82, 2.24) is 9.80 Å². The van der Waals surface area contributed by atoms with Gasteiger partial charge < -0.3 is 14.5 Å². The van der Waals surface area contributed by atoms with Crippen LogP contribution in [0.2, 0.25) is 5.02 Å². The average Bonchev–Trinajstić information content (AvgIpc) is 2.94. The van der Waals surface area contributed by atoms with Crippen LogP contribution >= 0.6 is 11.6 Å². The molecule has 3 rings (SSSR count). The van der Waals surface area contributed by atoms with Crippen molar-refractivity contribution in [3.63, 3.8) is 0 Å². The molecule has 0 radical (unpaired) electrons. The second-order valence-electron chi connectivity index (χ2n) is 11.8. The number of anilines is 1. The minimum Gasteiger partial charge on any atom is -0.444 e. The number of carbonyl (C=O) groups excluding carboxylic acids is 2. The third-order valence-corrected chi connectivity index (χ3v) is 9.46. The van der Waals surface area contributed by atoms with Crippen LogP contribution in [0.1, 0.15) is 67.6 Å². The molecule has 44 heavy (non-hydrogen) atoms. The smallest absolute Gasteiger partial charge is 0.416 e. The van der Waals surface area contributed by atoms with Crippen molar-refractivity contribution in [3.8, 4) is 0 Å². The topological polar surface area (TPSA) is 87.2 Å². The monoisotopic (exact) mass is 657 g/mol. The highest BCUT2D eigenvalue weighted by atomic mass is 35.5. The molecule has 0 bridgehead atoms. The van der Waals surface area contributed by atoms with E-state index in [4.69, 9.17) is 16.3 Å². The van der Waals surface area contributed by atoms with E-state index in [0.29, 0.717) is 25.9 Å². The molecule has 8 nitrogen and oxygen atoms in total. The molecule has 242 valence electrons. The molecule has 1 aliphatic rings. The van der Waals surface area contributed by atoms with Crippen LogP contribution in [0.5, 0.6) is 0 Å². The van der Waals surface area contributed by atoms with E-state index in [1.807, 2.05) is 4.90 Å². The zero-order valence-corrected chi connectivity index (χ0v) is 27.4. The van der Waals surface area contributed by atoms with Crippen molar-refractivity contribution in [3.05, 3.63) is 64.2 Å². The van der Waals surface area contributed by atoms with Gasteiger partial charge in [-0.2, -0.15) is 13.2 Å². The van der Waals surface area contributed by atoms with Crippen molar-refractivity contribution in [2.75, 3.05) is 37.8 Å². The molecule has 1 aliphatic heterocycles. The summed E-state index contributed by atoms with van der Waals surface area (Å²) in [4.78, 5) is 30.4. The highest BCUT2D eigenvalue weighted by Gasteiger charge is 2.37. The highest BCUT2D eigenvalue weighted by Crippen LogP contribution is 2.37. The SMILES string of the molecule is C=Cc1cc(C(=O)N(C)c2cc(Cl)ccc2S(=O)(=O)CC)cc(C(F)(F)F)c1CN1CCC[C@H](N(C)C(=O)OC(C)(C)C)C1. The van der Waals surface area contributed by atoms with Crippen LogP contribution in [-0.2, 0) is 27.3 Å². The molecule has 13 heteroatoms. The number of carbonyl (C=O) groups is 2. The standard InChI is InChI=1S/C31H39ClF3N3O5S/c1-8-20-15-21(28(39)37(7)26-17-22(32)12-13-27(26)44(41,42)9-2)16-25(31(33,34)35)24(20)19-38-14-10-11-23(18-38)36(6)29(40)43-30(3,4)5/h8,12-13,15-17,23H,1,9-11,14,18-19H2,2-7H3/t23-/m0/s1. The summed E-state index contributed by atoms with van der Waals surface area (Å²) in [6.07, 6.45) is -2.72. The number of sulfone groups is 1. The van der Waals surface area contributed by atoms with Gasteiger partial charge in [0.05, 0.1) is 21.9 Å². The van der Waals surface area contributed by atoms with Crippen LogP contribution < -0.4 is 4.90 Å². The molecule has 2 aromatic carbocycles. The van der Waals surface area contributed by atoms with E-state index in [-0.39, 0.29) is 50.6 Å². The minimum atomic E-state index is -4.81. The van der Waals surface area contributed by atoms with Gasteiger partial charge in [-0.05, 0) is 81.6 Å². The van der Waals surface area contributed by atoms with Crippen LogP contribution in [0.25, 0.3) is 6.08 Å². The Hall–Kier alpha value is -3.09. The van der Waals surface area contributed by atoms with Gasteiger partial charge in [-0.15, -0.1) is 0 Å². The number of hydrogen-bond acceptors (Lipinski definition) is 6. The largest absolute Gasteiger partial charge is 0.444 e. The zero-order chi connectivity index (χ0) is 33.2. The number of likely N-dealkylation sites (tertiary alicyclic amines) is 1. The van der Waals surface area contributed by atoms with E-state index in [1.54, 1.807) is 27.8 Å². The van der Waals surface area contributed by atoms with Gasteiger partial charge in [0.2, 0.25) is 0 Å². The van der Waals surface area contributed by atoms with E-state index >= 15 is 0 Å². The van der Waals surface area contributed by atoms with E-state index in [2.05, 4.69) is 6.58 Å². The van der Waals surface area contributed by atoms with Crippen LogP contribution in [-0.4, -0.2) is 74.8 Å². The first kappa shape index (κ1) is 35.4. The summed E-state index contributed by atoms with van der Waals surface area (Å²) in [7, 11) is -0.884. The molecule has 1 atom stereocenters. The molecule has 0 unspecified atom stereocenters. The summed E-state index contributed by atoms with van der Waals surface area (Å²) >= 11 is 6.10.